The van der Waals surface area contributed by atoms with Crippen molar-refractivity contribution in [2.75, 3.05) is 19.7 Å². The Balaban J connectivity index is 0.00000242. The van der Waals surface area contributed by atoms with Crippen LogP contribution in [-0.2, 0) is 4.79 Å². The third-order valence-electron chi connectivity index (χ3n) is 3.38. The maximum absolute atomic E-state index is 11.8. The Labute approximate surface area is 136 Å². The van der Waals surface area contributed by atoms with Gasteiger partial charge in [0.1, 0.15) is 5.75 Å². The van der Waals surface area contributed by atoms with E-state index in [4.69, 9.17) is 10.5 Å². The number of halogens is 1. The summed E-state index contributed by atoms with van der Waals surface area (Å²) in [6, 6.07) is 6.84. The van der Waals surface area contributed by atoms with Crippen molar-refractivity contribution in [3.63, 3.8) is 0 Å². The molecule has 2 amide bonds. The molecule has 0 aliphatic carbocycles. The van der Waals surface area contributed by atoms with E-state index in [9.17, 15) is 9.59 Å². The third-order valence-corrected chi connectivity index (χ3v) is 3.38. The van der Waals surface area contributed by atoms with Crippen molar-refractivity contribution in [3.8, 4) is 5.75 Å². The van der Waals surface area contributed by atoms with Gasteiger partial charge >= 0.3 is 0 Å². The van der Waals surface area contributed by atoms with E-state index in [1.54, 1.807) is 24.3 Å². The lowest BCUT2D eigenvalue weighted by Gasteiger charge is -2.23. The molecule has 7 heteroatoms. The maximum Gasteiger partial charge on any atom is 0.248 e. The molecule has 1 saturated heterocycles. The van der Waals surface area contributed by atoms with Gasteiger partial charge in [-0.3, -0.25) is 9.59 Å². The van der Waals surface area contributed by atoms with Crippen LogP contribution in [0.25, 0.3) is 0 Å². The first-order valence-electron chi connectivity index (χ1n) is 7.18. The standard InChI is InChI=1S/C15H21N3O3.ClH/c16-15(20)11-3-1-5-13(9-11)21-8-6-14(19)18-12-4-2-7-17-10-12;/h1,3,5,9,12,17H,2,4,6-8,10H2,(H2,16,20)(H,18,19);1H. The highest BCUT2D eigenvalue weighted by Crippen LogP contribution is 2.13. The van der Waals surface area contributed by atoms with Gasteiger partial charge in [-0.2, -0.15) is 0 Å². The summed E-state index contributed by atoms with van der Waals surface area (Å²) in [6.45, 7) is 2.12. The Kier molecular flexibility index (Phi) is 7.70. The van der Waals surface area contributed by atoms with Gasteiger partial charge in [-0.25, -0.2) is 0 Å². The minimum Gasteiger partial charge on any atom is -0.493 e. The molecule has 6 nitrogen and oxygen atoms in total. The number of ether oxygens (including phenoxy) is 1. The Morgan fingerprint density at radius 3 is 2.91 bits per heavy atom. The molecule has 1 aromatic rings. The quantitative estimate of drug-likeness (QED) is 0.722. The SMILES string of the molecule is Cl.NC(=O)c1cccc(OCCC(=O)NC2CCCNC2)c1. The van der Waals surface area contributed by atoms with E-state index < -0.39 is 5.91 Å². The van der Waals surface area contributed by atoms with Crippen LogP contribution in [0.2, 0.25) is 0 Å². The predicted octanol–water partition coefficient (Wildman–Crippen LogP) is 0.844. The lowest BCUT2D eigenvalue weighted by molar-refractivity contribution is -0.122. The van der Waals surface area contributed by atoms with Crippen molar-refractivity contribution < 1.29 is 14.3 Å². The van der Waals surface area contributed by atoms with Crippen LogP contribution in [0.1, 0.15) is 29.6 Å². The van der Waals surface area contributed by atoms with Crippen molar-refractivity contribution in [2.24, 2.45) is 5.73 Å². The number of piperidine rings is 1. The average molecular weight is 328 g/mol. The zero-order valence-electron chi connectivity index (χ0n) is 12.3. The van der Waals surface area contributed by atoms with Crippen LogP contribution < -0.4 is 21.1 Å². The van der Waals surface area contributed by atoms with Crippen molar-refractivity contribution in [1.82, 2.24) is 10.6 Å². The van der Waals surface area contributed by atoms with Gasteiger partial charge in [-0.05, 0) is 37.6 Å². The fourth-order valence-corrected chi connectivity index (χ4v) is 2.28. The van der Waals surface area contributed by atoms with Crippen LogP contribution in [0.5, 0.6) is 5.75 Å². The molecule has 22 heavy (non-hydrogen) atoms. The van der Waals surface area contributed by atoms with Gasteiger partial charge in [0.15, 0.2) is 0 Å². The largest absolute Gasteiger partial charge is 0.493 e. The van der Waals surface area contributed by atoms with Gasteiger partial charge in [0.2, 0.25) is 11.8 Å². The first-order valence-corrected chi connectivity index (χ1v) is 7.18. The van der Waals surface area contributed by atoms with Crippen molar-refractivity contribution >= 4 is 24.2 Å². The number of rotatable bonds is 6. The number of hydrogen-bond donors (Lipinski definition) is 3. The second-order valence-electron chi connectivity index (χ2n) is 5.10. The second kappa shape index (κ2) is 9.27. The summed E-state index contributed by atoms with van der Waals surface area (Å²) in [5.41, 5.74) is 5.59. The number of hydrogen-bond acceptors (Lipinski definition) is 4. The van der Waals surface area contributed by atoms with E-state index in [0.717, 1.165) is 25.9 Å². The van der Waals surface area contributed by atoms with Gasteiger partial charge < -0.3 is 21.1 Å². The molecule has 1 fully saturated rings. The van der Waals surface area contributed by atoms with E-state index >= 15 is 0 Å². The molecule has 1 atom stereocenters. The van der Waals surface area contributed by atoms with Crippen LogP contribution in [0.15, 0.2) is 24.3 Å². The normalized spacial score (nSPS) is 17.2. The van der Waals surface area contributed by atoms with E-state index in [1.807, 2.05) is 0 Å². The highest BCUT2D eigenvalue weighted by atomic mass is 35.5. The maximum atomic E-state index is 11.8. The van der Waals surface area contributed by atoms with E-state index in [1.165, 1.54) is 0 Å². The highest BCUT2D eigenvalue weighted by Gasteiger charge is 2.15. The second-order valence-corrected chi connectivity index (χ2v) is 5.10. The summed E-state index contributed by atoms with van der Waals surface area (Å²) in [6.07, 6.45) is 2.39. The van der Waals surface area contributed by atoms with Gasteiger partial charge in [-0.1, -0.05) is 6.07 Å². The first-order chi connectivity index (χ1) is 10.1. The number of carbonyl (C=O) groups is 2. The molecule has 0 bridgehead atoms. The Morgan fingerprint density at radius 1 is 1.41 bits per heavy atom. The van der Waals surface area contributed by atoms with Crippen LogP contribution in [0.4, 0.5) is 0 Å². The summed E-state index contributed by atoms with van der Waals surface area (Å²) in [5.74, 6) is 0.0242. The molecule has 1 aliphatic heterocycles. The lowest BCUT2D eigenvalue weighted by Crippen LogP contribution is -2.45. The Hall–Kier alpha value is -1.79. The topological polar surface area (TPSA) is 93.5 Å². The van der Waals surface area contributed by atoms with Crippen LogP contribution in [0.3, 0.4) is 0 Å². The van der Waals surface area contributed by atoms with Crippen molar-refractivity contribution in [3.05, 3.63) is 29.8 Å². The van der Waals surface area contributed by atoms with Gasteiger partial charge in [-0.15, -0.1) is 12.4 Å². The molecule has 0 aromatic heterocycles. The van der Waals surface area contributed by atoms with E-state index in [2.05, 4.69) is 10.6 Å². The third kappa shape index (κ3) is 5.91. The van der Waals surface area contributed by atoms with Crippen LogP contribution in [-0.4, -0.2) is 37.6 Å². The number of nitrogens with one attached hydrogen (secondary N) is 2. The van der Waals surface area contributed by atoms with Gasteiger partial charge in [0.05, 0.1) is 13.0 Å². The van der Waals surface area contributed by atoms with Crippen LogP contribution >= 0.6 is 12.4 Å². The number of benzene rings is 1. The molecule has 0 saturated carbocycles. The minimum absolute atomic E-state index is 0. The lowest BCUT2D eigenvalue weighted by atomic mass is 10.1. The summed E-state index contributed by atoms with van der Waals surface area (Å²) in [5, 5.41) is 6.23. The fraction of sp³-hybridized carbons (Fsp3) is 0.467. The van der Waals surface area contributed by atoms with Crippen LogP contribution in [0, 0.1) is 0 Å². The number of amides is 2. The zero-order valence-corrected chi connectivity index (χ0v) is 13.2. The van der Waals surface area contributed by atoms with E-state index in [0.29, 0.717) is 11.3 Å². The fourth-order valence-electron chi connectivity index (χ4n) is 2.28. The molecular weight excluding hydrogens is 306 g/mol. The van der Waals surface area contributed by atoms with Crippen molar-refractivity contribution in [2.45, 2.75) is 25.3 Å². The first kappa shape index (κ1) is 18.3. The molecule has 2 rings (SSSR count). The summed E-state index contributed by atoms with van der Waals surface area (Å²) < 4.78 is 5.47. The molecule has 1 unspecified atom stereocenters. The molecule has 1 aliphatic rings. The van der Waals surface area contributed by atoms with E-state index in [-0.39, 0.29) is 37.4 Å². The molecule has 122 valence electrons. The zero-order chi connectivity index (χ0) is 15.1. The Morgan fingerprint density at radius 2 is 2.23 bits per heavy atom. The molecular formula is C15H22ClN3O3. The number of primary amides is 1. The molecule has 1 heterocycles. The highest BCUT2D eigenvalue weighted by molar-refractivity contribution is 5.93. The number of carbonyl (C=O) groups excluding carboxylic acids is 2. The average Bonchev–Trinajstić information content (AvgIpc) is 2.48. The Bertz CT molecular complexity index is 505. The summed E-state index contributed by atoms with van der Waals surface area (Å²) >= 11 is 0. The smallest absolute Gasteiger partial charge is 0.248 e. The van der Waals surface area contributed by atoms with Gasteiger partial charge in [0.25, 0.3) is 0 Å². The predicted molar refractivity (Wildman–Crippen MR) is 86.4 cm³/mol. The summed E-state index contributed by atoms with van der Waals surface area (Å²) in [7, 11) is 0. The monoisotopic (exact) mass is 327 g/mol. The molecule has 0 radical (unpaired) electrons. The molecule has 1 aromatic carbocycles. The molecule has 4 N–H and O–H groups in total. The summed E-state index contributed by atoms with van der Waals surface area (Å²) in [4.78, 5) is 22.8. The molecule has 0 spiro atoms. The van der Waals surface area contributed by atoms with Gasteiger partial charge in [0, 0.05) is 18.2 Å². The van der Waals surface area contributed by atoms with Crippen molar-refractivity contribution in [1.29, 1.82) is 0 Å². The number of nitrogens with two attached hydrogens (primary N) is 1. The minimum atomic E-state index is -0.497.